The van der Waals surface area contributed by atoms with Crippen LogP contribution < -0.4 is 5.32 Å². The van der Waals surface area contributed by atoms with Gasteiger partial charge in [0.25, 0.3) is 0 Å². The van der Waals surface area contributed by atoms with Gasteiger partial charge in [0.1, 0.15) is 0 Å². The van der Waals surface area contributed by atoms with E-state index in [1.165, 1.54) is 11.1 Å². The van der Waals surface area contributed by atoms with Gasteiger partial charge < -0.3 is 10.4 Å². The van der Waals surface area contributed by atoms with Gasteiger partial charge in [0, 0.05) is 6.54 Å². The molecule has 1 aliphatic rings. The third kappa shape index (κ3) is 3.33. The second kappa shape index (κ2) is 5.02. The van der Waals surface area contributed by atoms with E-state index in [2.05, 4.69) is 50.4 Å². The highest BCUT2D eigenvalue weighted by atomic mass is 16.3. The lowest BCUT2D eigenvalue weighted by molar-refractivity contribution is 0.0526. The molecule has 2 heteroatoms. The molecule has 1 unspecified atom stereocenters. The molecule has 1 heterocycles. The molecule has 0 saturated carbocycles. The smallest absolute Gasteiger partial charge is 0.0786 e. The fraction of sp³-hybridized carbons (Fsp3) is 0.625. The summed E-state index contributed by atoms with van der Waals surface area (Å²) < 4.78 is 0. The molecule has 0 amide bonds. The minimum absolute atomic E-state index is 0.214. The highest BCUT2D eigenvalue weighted by Gasteiger charge is 2.30. The molecule has 0 bridgehead atoms. The van der Waals surface area contributed by atoms with Crippen molar-refractivity contribution in [2.75, 3.05) is 13.1 Å². The maximum Gasteiger partial charge on any atom is 0.0786 e. The zero-order valence-electron chi connectivity index (χ0n) is 11.8. The van der Waals surface area contributed by atoms with Crippen LogP contribution in [-0.4, -0.2) is 23.8 Å². The summed E-state index contributed by atoms with van der Waals surface area (Å²) in [6.45, 7) is 8.38. The summed E-state index contributed by atoms with van der Waals surface area (Å²) in [4.78, 5) is 0. The Hall–Kier alpha value is -0.860. The van der Waals surface area contributed by atoms with Gasteiger partial charge in [-0.05, 0) is 42.3 Å². The molecule has 0 aliphatic carbocycles. The van der Waals surface area contributed by atoms with Crippen molar-refractivity contribution in [1.29, 1.82) is 0 Å². The lowest BCUT2D eigenvalue weighted by atomic mass is 9.86. The van der Waals surface area contributed by atoms with Crippen LogP contribution in [-0.2, 0) is 11.8 Å². The molecule has 2 nitrogen and oxygen atoms in total. The van der Waals surface area contributed by atoms with E-state index in [0.717, 1.165) is 32.4 Å². The highest BCUT2D eigenvalue weighted by Crippen LogP contribution is 2.24. The maximum absolute atomic E-state index is 10.3. The van der Waals surface area contributed by atoms with Crippen LogP contribution in [0.3, 0.4) is 0 Å². The summed E-state index contributed by atoms with van der Waals surface area (Å²) in [5.74, 6) is 0. The zero-order valence-corrected chi connectivity index (χ0v) is 11.8. The third-order valence-corrected chi connectivity index (χ3v) is 3.92. The molecule has 0 aromatic heterocycles. The van der Waals surface area contributed by atoms with Gasteiger partial charge in [-0.2, -0.15) is 0 Å². The minimum atomic E-state index is -0.483. The van der Waals surface area contributed by atoms with Crippen LogP contribution in [0.4, 0.5) is 0 Å². The lowest BCUT2D eigenvalue weighted by Crippen LogP contribution is -2.31. The van der Waals surface area contributed by atoms with Crippen molar-refractivity contribution in [3.05, 3.63) is 35.4 Å². The number of benzene rings is 1. The van der Waals surface area contributed by atoms with E-state index in [9.17, 15) is 5.11 Å². The summed E-state index contributed by atoms with van der Waals surface area (Å²) in [6, 6.07) is 8.83. The van der Waals surface area contributed by atoms with Gasteiger partial charge in [0.2, 0.25) is 0 Å². The van der Waals surface area contributed by atoms with Gasteiger partial charge in [-0.1, -0.05) is 45.0 Å². The van der Waals surface area contributed by atoms with Crippen LogP contribution in [0.5, 0.6) is 0 Å². The average molecular weight is 247 g/mol. The van der Waals surface area contributed by atoms with Crippen molar-refractivity contribution in [3.63, 3.8) is 0 Å². The van der Waals surface area contributed by atoms with Crippen molar-refractivity contribution in [3.8, 4) is 0 Å². The van der Waals surface area contributed by atoms with E-state index >= 15 is 0 Å². The van der Waals surface area contributed by atoms with Gasteiger partial charge in [-0.3, -0.25) is 0 Å². The van der Waals surface area contributed by atoms with Crippen LogP contribution >= 0.6 is 0 Å². The second-order valence-electron chi connectivity index (χ2n) is 6.60. The van der Waals surface area contributed by atoms with Crippen LogP contribution in [0.1, 0.15) is 44.7 Å². The first-order valence-electron chi connectivity index (χ1n) is 6.92. The fourth-order valence-corrected chi connectivity index (χ4v) is 2.49. The van der Waals surface area contributed by atoms with Crippen LogP contribution in [0.25, 0.3) is 0 Å². The number of hydrogen-bond donors (Lipinski definition) is 2. The van der Waals surface area contributed by atoms with Gasteiger partial charge in [-0.15, -0.1) is 0 Å². The van der Waals surface area contributed by atoms with E-state index in [4.69, 9.17) is 0 Å². The third-order valence-electron chi connectivity index (χ3n) is 3.92. The first kappa shape index (κ1) is 13.6. The van der Waals surface area contributed by atoms with Crippen molar-refractivity contribution in [1.82, 2.24) is 5.32 Å². The monoisotopic (exact) mass is 247 g/mol. The number of β-amino-alcohol motifs (C(OH)–C–C–N with tert-alkyl or cyclic N) is 1. The Bertz CT molecular complexity index is 383. The summed E-state index contributed by atoms with van der Waals surface area (Å²) in [5.41, 5.74) is 2.42. The van der Waals surface area contributed by atoms with E-state index < -0.39 is 5.60 Å². The minimum Gasteiger partial charge on any atom is -0.389 e. The first-order chi connectivity index (χ1) is 8.39. The van der Waals surface area contributed by atoms with Crippen molar-refractivity contribution in [2.24, 2.45) is 0 Å². The predicted molar refractivity (Wildman–Crippen MR) is 75.9 cm³/mol. The summed E-state index contributed by atoms with van der Waals surface area (Å²) >= 11 is 0. The molecule has 1 saturated heterocycles. The molecule has 1 atom stereocenters. The standard InChI is InChI=1S/C16H25NO/c1-15(2,3)14-6-4-13(5-7-14)8-9-16(18)10-11-17-12-16/h4-7,17-18H,8-12H2,1-3H3. The SMILES string of the molecule is CC(C)(C)c1ccc(CCC2(O)CCNC2)cc1. The Kier molecular flexibility index (Phi) is 3.79. The Morgan fingerprint density at radius 1 is 1.22 bits per heavy atom. The normalized spacial score (nSPS) is 24.4. The quantitative estimate of drug-likeness (QED) is 0.860. The summed E-state index contributed by atoms with van der Waals surface area (Å²) in [6.07, 6.45) is 2.70. The molecule has 2 N–H and O–H groups in total. The summed E-state index contributed by atoms with van der Waals surface area (Å²) in [7, 11) is 0. The molecule has 100 valence electrons. The first-order valence-corrected chi connectivity index (χ1v) is 6.92. The Balaban J connectivity index is 1.94. The number of aryl methyl sites for hydroxylation is 1. The highest BCUT2D eigenvalue weighted by molar-refractivity contribution is 5.27. The second-order valence-corrected chi connectivity index (χ2v) is 6.60. The van der Waals surface area contributed by atoms with Gasteiger partial charge in [-0.25, -0.2) is 0 Å². The average Bonchev–Trinajstić information content (AvgIpc) is 2.74. The van der Waals surface area contributed by atoms with E-state index in [1.54, 1.807) is 0 Å². The van der Waals surface area contributed by atoms with Gasteiger partial charge >= 0.3 is 0 Å². The van der Waals surface area contributed by atoms with Crippen molar-refractivity contribution < 1.29 is 5.11 Å². The molecule has 1 aromatic rings. The number of nitrogens with one attached hydrogen (secondary N) is 1. The molecule has 18 heavy (non-hydrogen) atoms. The molecular formula is C16H25NO. The van der Waals surface area contributed by atoms with Gasteiger partial charge in [0.05, 0.1) is 5.60 Å². The molecule has 1 aliphatic heterocycles. The molecule has 0 radical (unpaired) electrons. The maximum atomic E-state index is 10.3. The molecule has 0 spiro atoms. The Labute approximate surface area is 110 Å². The van der Waals surface area contributed by atoms with Crippen LogP contribution in [0.15, 0.2) is 24.3 Å². The van der Waals surface area contributed by atoms with Crippen LogP contribution in [0, 0.1) is 0 Å². The number of aliphatic hydroxyl groups is 1. The molecule has 2 rings (SSSR count). The summed E-state index contributed by atoms with van der Waals surface area (Å²) in [5, 5.41) is 13.5. The largest absolute Gasteiger partial charge is 0.389 e. The van der Waals surface area contributed by atoms with E-state index in [0.29, 0.717) is 0 Å². The number of rotatable bonds is 3. The topological polar surface area (TPSA) is 32.3 Å². The van der Waals surface area contributed by atoms with E-state index in [-0.39, 0.29) is 5.41 Å². The van der Waals surface area contributed by atoms with Crippen LogP contribution in [0.2, 0.25) is 0 Å². The Morgan fingerprint density at radius 3 is 2.39 bits per heavy atom. The Morgan fingerprint density at radius 2 is 1.89 bits per heavy atom. The lowest BCUT2D eigenvalue weighted by Gasteiger charge is -2.22. The molecule has 1 fully saturated rings. The molecule has 1 aromatic carbocycles. The number of hydrogen-bond acceptors (Lipinski definition) is 2. The predicted octanol–water partition coefficient (Wildman–Crippen LogP) is 2.64. The van der Waals surface area contributed by atoms with Gasteiger partial charge in [0.15, 0.2) is 0 Å². The van der Waals surface area contributed by atoms with Crippen molar-refractivity contribution >= 4 is 0 Å². The zero-order chi connectivity index (χ0) is 13.2. The fourth-order valence-electron chi connectivity index (χ4n) is 2.49. The van der Waals surface area contributed by atoms with Crippen molar-refractivity contribution in [2.45, 2.75) is 51.0 Å². The van der Waals surface area contributed by atoms with E-state index in [1.807, 2.05) is 0 Å². The molecular weight excluding hydrogens is 222 g/mol.